The molecule has 1 aromatic heterocycles. The number of carbonyl (C=O) groups is 1. The lowest BCUT2D eigenvalue weighted by Gasteiger charge is -2.29. The number of aliphatic hydroxyl groups is 1. The van der Waals surface area contributed by atoms with Crippen LogP contribution < -0.4 is 10.1 Å². The lowest BCUT2D eigenvalue weighted by molar-refractivity contribution is -0.274. The number of alkyl halides is 5. The third kappa shape index (κ3) is 4.34. The smallest absolute Gasteiger partial charge is 0.406 e. The second kappa shape index (κ2) is 7.53. The summed E-state index contributed by atoms with van der Waals surface area (Å²) in [5.41, 5.74) is -1.78. The van der Waals surface area contributed by atoms with E-state index in [2.05, 4.69) is 15.0 Å². The van der Waals surface area contributed by atoms with E-state index in [0.29, 0.717) is 11.0 Å². The fourth-order valence-corrected chi connectivity index (χ4v) is 2.97. The maximum Gasteiger partial charge on any atom is 0.573 e. The lowest BCUT2D eigenvalue weighted by atomic mass is 9.92. The van der Waals surface area contributed by atoms with Gasteiger partial charge in [-0.25, -0.2) is 13.8 Å². The number of nitrogens with zero attached hydrogens (tertiary/aromatic N) is 2. The first kappa shape index (κ1) is 20.3. The number of aromatic nitrogens is 2. The summed E-state index contributed by atoms with van der Waals surface area (Å²) >= 11 is 0. The number of anilines is 1. The van der Waals surface area contributed by atoms with Crippen LogP contribution in [0.3, 0.4) is 0 Å². The Kier molecular flexibility index (Phi) is 5.46. The molecule has 2 N–H and O–H groups in total. The quantitative estimate of drug-likeness (QED) is 0.687. The van der Waals surface area contributed by atoms with Crippen molar-refractivity contribution in [2.45, 2.75) is 43.7 Å². The molecule has 11 heteroatoms. The molecule has 1 aromatic carbocycles. The van der Waals surface area contributed by atoms with Gasteiger partial charge < -0.3 is 14.4 Å². The molecule has 0 spiro atoms. The summed E-state index contributed by atoms with van der Waals surface area (Å²) < 4.78 is 68.5. The molecular weight excluding hydrogens is 389 g/mol. The van der Waals surface area contributed by atoms with Gasteiger partial charge in [-0.1, -0.05) is 0 Å². The fourth-order valence-electron chi connectivity index (χ4n) is 2.97. The number of hydrogen-bond acceptors (Lipinski definition) is 4. The summed E-state index contributed by atoms with van der Waals surface area (Å²) in [6.07, 6.45) is -3.30. The Labute approximate surface area is 156 Å². The number of carbonyl (C=O) groups excluding carboxylic acids is 1. The molecule has 0 unspecified atom stereocenters. The van der Waals surface area contributed by atoms with Crippen LogP contribution in [0.4, 0.5) is 27.9 Å². The predicted molar refractivity (Wildman–Crippen MR) is 89.5 cm³/mol. The Morgan fingerprint density at radius 3 is 2.50 bits per heavy atom. The average molecular weight is 407 g/mol. The number of rotatable bonds is 7. The Morgan fingerprint density at radius 1 is 1.29 bits per heavy atom. The average Bonchev–Trinajstić information content (AvgIpc) is 2.89. The largest absolute Gasteiger partial charge is 0.573 e. The van der Waals surface area contributed by atoms with E-state index in [4.69, 9.17) is 0 Å². The number of ether oxygens (including phenoxy) is 1. The van der Waals surface area contributed by atoms with Crippen LogP contribution in [-0.4, -0.2) is 45.9 Å². The Bertz CT molecular complexity index is 860. The van der Waals surface area contributed by atoms with Crippen LogP contribution in [0.2, 0.25) is 0 Å². The van der Waals surface area contributed by atoms with Crippen molar-refractivity contribution in [1.29, 1.82) is 0 Å². The van der Waals surface area contributed by atoms with Gasteiger partial charge in [-0.2, -0.15) is 0 Å². The molecule has 1 saturated carbocycles. The van der Waals surface area contributed by atoms with Gasteiger partial charge in [-0.15, -0.1) is 13.2 Å². The number of halogens is 5. The highest BCUT2D eigenvalue weighted by atomic mass is 19.4. The van der Waals surface area contributed by atoms with E-state index in [-0.39, 0.29) is 12.0 Å². The lowest BCUT2D eigenvalue weighted by Crippen LogP contribution is -2.38. The second-order valence-electron chi connectivity index (χ2n) is 6.81. The Hall–Kier alpha value is -2.43. The molecule has 6 nitrogen and oxygen atoms in total. The third-order valence-electron chi connectivity index (χ3n) is 4.57. The summed E-state index contributed by atoms with van der Waals surface area (Å²) in [5.74, 6) is -1.25. The molecular formula is C17H18F5N3O3. The maximum absolute atomic E-state index is 12.8. The summed E-state index contributed by atoms with van der Waals surface area (Å²) in [4.78, 5) is 16.3. The van der Waals surface area contributed by atoms with Gasteiger partial charge in [0, 0.05) is 12.1 Å². The van der Waals surface area contributed by atoms with Crippen LogP contribution >= 0.6 is 0 Å². The normalized spacial score (nSPS) is 15.5. The highest BCUT2D eigenvalue weighted by Gasteiger charge is 2.33. The number of hydrogen-bond donors (Lipinski definition) is 2. The number of imidazole rings is 1. The first-order valence-corrected chi connectivity index (χ1v) is 8.56. The van der Waals surface area contributed by atoms with Crippen molar-refractivity contribution in [2.24, 2.45) is 0 Å². The Morgan fingerprint density at radius 2 is 1.96 bits per heavy atom. The van der Waals surface area contributed by atoms with Crippen molar-refractivity contribution in [1.82, 2.24) is 9.55 Å². The van der Waals surface area contributed by atoms with E-state index >= 15 is 0 Å². The first-order valence-electron chi connectivity index (χ1n) is 8.56. The zero-order valence-corrected chi connectivity index (χ0v) is 14.6. The van der Waals surface area contributed by atoms with Crippen LogP contribution in [0.1, 0.15) is 31.7 Å². The SMILES string of the molecule is O=C(CC(O)(CF)CF)Nc1nc2ccc(OC(F)(F)F)cc2n1C1CCC1. The van der Waals surface area contributed by atoms with E-state index in [1.54, 1.807) is 4.57 Å². The van der Waals surface area contributed by atoms with Crippen molar-refractivity contribution < 1.29 is 36.6 Å². The molecule has 28 heavy (non-hydrogen) atoms. The van der Waals surface area contributed by atoms with Gasteiger partial charge in [0.15, 0.2) is 0 Å². The van der Waals surface area contributed by atoms with Crippen LogP contribution in [-0.2, 0) is 4.79 Å². The fraction of sp³-hybridized carbons (Fsp3) is 0.529. The molecule has 1 aliphatic carbocycles. The summed E-state index contributed by atoms with van der Waals surface area (Å²) in [5, 5.41) is 12.0. The first-order chi connectivity index (χ1) is 13.1. The van der Waals surface area contributed by atoms with Gasteiger partial charge >= 0.3 is 6.36 Å². The van der Waals surface area contributed by atoms with E-state index in [1.807, 2.05) is 0 Å². The highest BCUT2D eigenvalue weighted by molar-refractivity contribution is 5.92. The maximum atomic E-state index is 12.8. The molecule has 1 fully saturated rings. The monoisotopic (exact) mass is 407 g/mol. The standard InChI is InChI=1S/C17H18F5N3O3/c18-8-16(27,9-19)7-14(26)24-15-23-12-5-4-11(28-17(20,21)22)6-13(12)25(15)10-2-1-3-10/h4-6,10,27H,1-3,7-9H2,(H,23,24,26). The minimum Gasteiger partial charge on any atom is -0.406 e. The molecule has 0 atom stereocenters. The van der Waals surface area contributed by atoms with E-state index < -0.39 is 43.4 Å². The minimum absolute atomic E-state index is 0.0360. The molecule has 0 radical (unpaired) electrons. The van der Waals surface area contributed by atoms with Gasteiger partial charge in [-0.05, 0) is 31.4 Å². The number of nitrogens with one attached hydrogen (secondary N) is 1. The predicted octanol–water partition coefficient (Wildman–Crippen LogP) is 3.66. The van der Waals surface area contributed by atoms with Gasteiger partial charge in [0.1, 0.15) is 24.7 Å². The molecule has 1 heterocycles. The molecule has 3 rings (SSSR count). The third-order valence-corrected chi connectivity index (χ3v) is 4.57. The number of benzene rings is 1. The van der Waals surface area contributed by atoms with Gasteiger partial charge in [0.05, 0.1) is 17.5 Å². The van der Waals surface area contributed by atoms with Gasteiger partial charge in [-0.3, -0.25) is 10.1 Å². The van der Waals surface area contributed by atoms with Crippen molar-refractivity contribution in [3.05, 3.63) is 18.2 Å². The number of fused-ring (bicyclic) bond motifs is 1. The van der Waals surface area contributed by atoms with E-state index in [1.165, 1.54) is 12.1 Å². The Balaban J connectivity index is 1.92. The summed E-state index contributed by atoms with van der Waals surface area (Å²) in [7, 11) is 0. The zero-order valence-electron chi connectivity index (χ0n) is 14.6. The van der Waals surface area contributed by atoms with E-state index in [0.717, 1.165) is 25.3 Å². The van der Waals surface area contributed by atoms with Crippen molar-refractivity contribution in [3.63, 3.8) is 0 Å². The van der Waals surface area contributed by atoms with Crippen LogP contribution in [0.25, 0.3) is 11.0 Å². The van der Waals surface area contributed by atoms with Crippen molar-refractivity contribution >= 4 is 22.9 Å². The molecule has 2 aromatic rings. The number of amides is 1. The molecule has 1 amide bonds. The zero-order chi connectivity index (χ0) is 20.5. The van der Waals surface area contributed by atoms with E-state index in [9.17, 15) is 31.9 Å². The van der Waals surface area contributed by atoms with Crippen LogP contribution in [0, 0.1) is 0 Å². The molecule has 0 aliphatic heterocycles. The molecule has 154 valence electrons. The summed E-state index contributed by atoms with van der Waals surface area (Å²) in [6, 6.07) is 3.50. The minimum atomic E-state index is -4.85. The van der Waals surface area contributed by atoms with Crippen LogP contribution in [0.5, 0.6) is 5.75 Å². The van der Waals surface area contributed by atoms with Crippen LogP contribution in [0.15, 0.2) is 18.2 Å². The van der Waals surface area contributed by atoms with Gasteiger partial charge in [0.25, 0.3) is 0 Å². The molecule has 0 bridgehead atoms. The molecule has 1 aliphatic rings. The highest BCUT2D eigenvalue weighted by Crippen LogP contribution is 2.38. The topological polar surface area (TPSA) is 76.4 Å². The molecule has 0 saturated heterocycles. The van der Waals surface area contributed by atoms with Crippen molar-refractivity contribution in [3.8, 4) is 5.75 Å². The summed E-state index contributed by atoms with van der Waals surface area (Å²) in [6.45, 7) is -2.87. The van der Waals surface area contributed by atoms with Crippen molar-refractivity contribution in [2.75, 3.05) is 18.7 Å². The second-order valence-corrected chi connectivity index (χ2v) is 6.81. The van der Waals surface area contributed by atoms with Gasteiger partial charge in [0.2, 0.25) is 11.9 Å².